The highest BCUT2D eigenvalue weighted by Crippen LogP contribution is 2.26. The number of Topliss-reactive ketones (excluding diaryl/α,β-unsaturated/α-hetero) is 1. The van der Waals surface area contributed by atoms with Gasteiger partial charge in [-0.2, -0.15) is 0 Å². The van der Waals surface area contributed by atoms with Crippen molar-refractivity contribution in [2.75, 3.05) is 5.33 Å². The Morgan fingerprint density at radius 2 is 2.00 bits per heavy atom. The molecule has 0 aromatic heterocycles. The summed E-state index contributed by atoms with van der Waals surface area (Å²) in [4.78, 5) is 11.3. The van der Waals surface area contributed by atoms with E-state index in [0.717, 1.165) is 31.0 Å². The second-order valence-electron chi connectivity index (χ2n) is 3.95. The van der Waals surface area contributed by atoms with Crippen LogP contribution in [0.3, 0.4) is 0 Å². The SMILES string of the molecule is O=C1CCCC1CCCCCCBr. The van der Waals surface area contributed by atoms with E-state index in [4.69, 9.17) is 0 Å². The Balaban J connectivity index is 1.96. The van der Waals surface area contributed by atoms with Gasteiger partial charge in [-0.15, -0.1) is 0 Å². The zero-order chi connectivity index (χ0) is 9.52. The molecule has 0 saturated heterocycles. The van der Waals surface area contributed by atoms with Crippen LogP contribution < -0.4 is 0 Å². The average Bonchev–Trinajstić information content (AvgIpc) is 2.52. The standard InChI is InChI=1S/C11H19BrO/c12-9-4-2-1-3-6-10-7-5-8-11(10)13/h10H,1-9H2. The van der Waals surface area contributed by atoms with E-state index in [9.17, 15) is 4.79 Å². The van der Waals surface area contributed by atoms with Gasteiger partial charge >= 0.3 is 0 Å². The van der Waals surface area contributed by atoms with Crippen LogP contribution >= 0.6 is 15.9 Å². The van der Waals surface area contributed by atoms with Crippen molar-refractivity contribution in [3.8, 4) is 0 Å². The van der Waals surface area contributed by atoms with Gasteiger partial charge in [0.05, 0.1) is 0 Å². The molecule has 1 fully saturated rings. The highest BCUT2D eigenvalue weighted by Gasteiger charge is 2.23. The molecule has 1 saturated carbocycles. The Hall–Kier alpha value is 0.150. The van der Waals surface area contributed by atoms with Crippen LogP contribution in [0.15, 0.2) is 0 Å². The normalized spacial score (nSPS) is 22.5. The Morgan fingerprint density at radius 1 is 1.23 bits per heavy atom. The maximum atomic E-state index is 11.3. The molecule has 0 aromatic carbocycles. The third-order valence-corrected chi connectivity index (χ3v) is 3.43. The number of unbranched alkanes of at least 4 members (excludes halogenated alkanes) is 3. The van der Waals surface area contributed by atoms with E-state index in [0.29, 0.717) is 11.7 Å². The van der Waals surface area contributed by atoms with E-state index in [1.165, 1.54) is 25.7 Å². The van der Waals surface area contributed by atoms with Crippen molar-refractivity contribution < 1.29 is 4.79 Å². The van der Waals surface area contributed by atoms with Crippen molar-refractivity contribution >= 4 is 21.7 Å². The van der Waals surface area contributed by atoms with Crippen molar-refractivity contribution in [2.24, 2.45) is 5.92 Å². The highest BCUT2D eigenvalue weighted by molar-refractivity contribution is 9.09. The lowest BCUT2D eigenvalue weighted by Gasteiger charge is -2.06. The first-order chi connectivity index (χ1) is 6.34. The number of carbonyl (C=O) groups is 1. The average molecular weight is 247 g/mol. The first kappa shape index (κ1) is 11.2. The highest BCUT2D eigenvalue weighted by atomic mass is 79.9. The van der Waals surface area contributed by atoms with E-state index in [1.54, 1.807) is 0 Å². The zero-order valence-electron chi connectivity index (χ0n) is 8.23. The van der Waals surface area contributed by atoms with Crippen molar-refractivity contribution in [3.05, 3.63) is 0 Å². The predicted molar refractivity (Wildman–Crippen MR) is 59.2 cm³/mol. The molecular weight excluding hydrogens is 228 g/mol. The summed E-state index contributed by atoms with van der Waals surface area (Å²) in [5.74, 6) is 0.962. The number of carbonyl (C=O) groups excluding carboxylic acids is 1. The lowest BCUT2D eigenvalue weighted by Crippen LogP contribution is -2.05. The van der Waals surface area contributed by atoms with Crippen molar-refractivity contribution in [2.45, 2.75) is 51.4 Å². The smallest absolute Gasteiger partial charge is 0.135 e. The Kier molecular flexibility index (Phi) is 5.68. The molecule has 76 valence electrons. The summed E-state index contributed by atoms with van der Waals surface area (Å²) in [6.45, 7) is 0. The predicted octanol–water partition coefficient (Wildman–Crippen LogP) is 3.70. The van der Waals surface area contributed by atoms with Gasteiger partial charge in [0.25, 0.3) is 0 Å². The molecule has 1 rings (SSSR count). The van der Waals surface area contributed by atoms with Crippen LogP contribution in [0, 0.1) is 5.92 Å². The molecule has 1 unspecified atom stereocenters. The molecule has 0 bridgehead atoms. The van der Waals surface area contributed by atoms with Crippen LogP contribution in [0.2, 0.25) is 0 Å². The van der Waals surface area contributed by atoms with Gasteiger partial charge in [-0.25, -0.2) is 0 Å². The Bertz CT molecular complexity index is 156. The minimum atomic E-state index is 0.434. The van der Waals surface area contributed by atoms with Crippen molar-refractivity contribution in [1.29, 1.82) is 0 Å². The summed E-state index contributed by atoms with van der Waals surface area (Å²) in [5.41, 5.74) is 0. The molecule has 13 heavy (non-hydrogen) atoms. The van der Waals surface area contributed by atoms with Crippen LogP contribution in [-0.4, -0.2) is 11.1 Å². The van der Waals surface area contributed by atoms with E-state index >= 15 is 0 Å². The zero-order valence-corrected chi connectivity index (χ0v) is 9.81. The molecule has 1 aliphatic rings. The summed E-state index contributed by atoms with van der Waals surface area (Å²) in [7, 11) is 0. The van der Waals surface area contributed by atoms with Crippen LogP contribution in [-0.2, 0) is 4.79 Å². The number of hydrogen-bond acceptors (Lipinski definition) is 1. The summed E-state index contributed by atoms with van der Waals surface area (Å²) >= 11 is 3.42. The van der Waals surface area contributed by atoms with Crippen LogP contribution in [0.5, 0.6) is 0 Å². The first-order valence-corrected chi connectivity index (χ1v) is 6.55. The second-order valence-corrected chi connectivity index (χ2v) is 4.74. The number of rotatable bonds is 6. The fraction of sp³-hybridized carbons (Fsp3) is 0.909. The van der Waals surface area contributed by atoms with Gasteiger partial charge in [0.1, 0.15) is 5.78 Å². The van der Waals surface area contributed by atoms with E-state index in [-0.39, 0.29) is 0 Å². The van der Waals surface area contributed by atoms with E-state index < -0.39 is 0 Å². The van der Waals surface area contributed by atoms with Gasteiger partial charge in [-0.05, 0) is 25.7 Å². The van der Waals surface area contributed by atoms with Crippen LogP contribution in [0.1, 0.15) is 51.4 Å². The van der Waals surface area contributed by atoms with Crippen molar-refractivity contribution in [3.63, 3.8) is 0 Å². The molecule has 0 aliphatic heterocycles. The second kappa shape index (κ2) is 6.58. The van der Waals surface area contributed by atoms with Gasteiger partial charge < -0.3 is 0 Å². The molecule has 1 nitrogen and oxygen atoms in total. The molecule has 0 N–H and O–H groups in total. The molecule has 2 heteroatoms. The first-order valence-electron chi connectivity index (χ1n) is 5.43. The summed E-state index contributed by atoms with van der Waals surface area (Å²) in [6, 6.07) is 0. The molecule has 0 aromatic rings. The van der Waals surface area contributed by atoms with Gasteiger partial charge in [0, 0.05) is 17.7 Å². The lowest BCUT2D eigenvalue weighted by molar-refractivity contribution is -0.120. The number of hydrogen-bond donors (Lipinski definition) is 0. The van der Waals surface area contributed by atoms with E-state index in [2.05, 4.69) is 15.9 Å². The van der Waals surface area contributed by atoms with Gasteiger partial charge in [0.15, 0.2) is 0 Å². The van der Waals surface area contributed by atoms with E-state index in [1.807, 2.05) is 0 Å². The minimum Gasteiger partial charge on any atom is -0.299 e. The quantitative estimate of drug-likeness (QED) is 0.516. The monoisotopic (exact) mass is 246 g/mol. The number of alkyl halides is 1. The molecular formula is C11H19BrO. The summed E-state index contributed by atoms with van der Waals surface area (Å²) in [5, 5.41) is 1.12. The van der Waals surface area contributed by atoms with Gasteiger partial charge in [-0.1, -0.05) is 35.2 Å². The fourth-order valence-corrected chi connectivity index (χ4v) is 2.43. The fourth-order valence-electron chi connectivity index (χ4n) is 2.03. The number of halogens is 1. The number of ketones is 1. The largest absolute Gasteiger partial charge is 0.299 e. The molecule has 0 spiro atoms. The molecule has 1 aliphatic carbocycles. The Morgan fingerprint density at radius 3 is 2.62 bits per heavy atom. The molecule has 0 heterocycles. The topological polar surface area (TPSA) is 17.1 Å². The maximum absolute atomic E-state index is 11.3. The Labute approximate surface area is 89.4 Å². The minimum absolute atomic E-state index is 0.434. The third-order valence-electron chi connectivity index (χ3n) is 2.87. The molecule has 1 atom stereocenters. The van der Waals surface area contributed by atoms with Gasteiger partial charge in [-0.3, -0.25) is 4.79 Å². The summed E-state index contributed by atoms with van der Waals surface area (Å²) in [6.07, 6.45) is 9.46. The summed E-state index contributed by atoms with van der Waals surface area (Å²) < 4.78 is 0. The van der Waals surface area contributed by atoms with Crippen LogP contribution in [0.25, 0.3) is 0 Å². The molecule has 0 radical (unpaired) electrons. The maximum Gasteiger partial charge on any atom is 0.135 e. The van der Waals surface area contributed by atoms with Crippen molar-refractivity contribution in [1.82, 2.24) is 0 Å². The third kappa shape index (κ3) is 4.26. The lowest BCUT2D eigenvalue weighted by atomic mass is 9.99. The molecule has 0 amide bonds. The van der Waals surface area contributed by atoms with Crippen LogP contribution in [0.4, 0.5) is 0 Å². The van der Waals surface area contributed by atoms with Gasteiger partial charge in [0.2, 0.25) is 0 Å².